The number of H-pyrrole nitrogens is 1. The van der Waals surface area contributed by atoms with Crippen LogP contribution in [0.15, 0.2) is 82.3 Å². The molecule has 0 fully saturated rings. The lowest BCUT2D eigenvalue weighted by Gasteiger charge is -2.06. The summed E-state index contributed by atoms with van der Waals surface area (Å²) >= 11 is 0. The van der Waals surface area contributed by atoms with Crippen molar-refractivity contribution in [1.82, 2.24) is 9.97 Å². The van der Waals surface area contributed by atoms with Crippen LogP contribution >= 0.6 is 0 Å². The van der Waals surface area contributed by atoms with E-state index in [0.717, 1.165) is 44.2 Å². The van der Waals surface area contributed by atoms with E-state index in [4.69, 9.17) is 4.42 Å². The van der Waals surface area contributed by atoms with E-state index >= 15 is 0 Å². The van der Waals surface area contributed by atoms with E-state index in [1.54, 1.807) is 0 Å². The fourth-order valence-electron chi connectivity index (χ4n) is 3.35. The Morgan fingerprint density at radius 2 is 1.69 bits per heavy atom. The van der Waals surface area contributed by atoms with E-state index in [9.17, 15) is 0 Å². The maximum atomic E-state index is 6.17. The molecule has 2 heterocycles. The molecule has 0 aliphatic carbocycles. The number of para-hydroxylation sites is 2. The molecule has 0 amide bonds. The molecular formula is C24H20N4O. The normalized spacial score (nSPS) is 12.0. The molecular weight excluding hydrogens is 360 g/mol. The number of hydrogen-bond donors (Lipinski definition) is 2. The molecule has 0 spiro atoms. The number of imidazole rings is 1. The van der Waals surface area contributed by atoms with Crippen LogP contribution in [0.4, 0.5) is 5.95 Å². The topological polar surface area (TPSA) is 66.2 Å². The van der Waals surface area contributed by atoms with Crippen molar-refractivity contribution in [3.63, 3.8) is 0 Å². The zero-order chi connectivity index (χ0) is 19.8. The molecule has 2 aromatic heterocycles. The minimum atomic E-state index is 0.602. The van der Waals surface area contributed by atoms with Gasteiger partial charge in [-0.1, -0.05) is 53.6 Å². The van der Waals surface area contributed by atoms with Gasteiger partial charge in [0, 0.05) is 17.0 Å². The van der Waals surface area contributed by atoms with Crippen molar-refractivity contribution >= 4 is 28.0 Å². The molecule has 0 aliphatic heterocycles. The Morgan fingerprint density at radius 1 is 0.897 bits per heavy atom. The molecule has 5 nitrogen and oxygen atoms in total. The number of nitrogens with one attached hydrogen (secondary N) is 2. The Labute approximate surface area is 167 Å². The SMILES string of the molecule is Cc1ccc(-c2cc(=NNc3nc4ccccc4[nH]3)c3cc(C)ccc3o2)cc1. The number of anilines is 1. The second kappa shape index (κ2) is 6.95. The van der Waals surface area contributed by atoms with Crippen molar-refractivity contribution in [2.45, 2.75) is 13.8 Å². The molecule has 0 aliphatic rings. The fourth-order valence-corrected chi connectivity index (χ4v) is 3.35. The number of aromatic amines is 1. The summed E-state index contributed by atoms with van der Waals surface area (Å²) in [5, 5.41) is 6.39. The lowest BCUT2D eigenvalue weighted by Crippen LogP contribution is -2.08. The molecule has 5 heteroatoms. The molecule has 0 saturated heterocycles. The first-order valence-corrected chi connectivity index (χ1v) is 9.52. The van der Waals surface area contributed by atoms with Gasteiger partial charge in [-0.05, 0) is 38.1 Å². The quantitative estimate of drug-likeness (QED) is 0.405. The largest absolute Gasteiger partial charge is 0.456 e. The van der Waals surface area contributed by atoms with E-state index in [-0.39, 0.29) is 0 Å². The number of aromatic nitrogens is 2. The zero-order valence-electron chi connectivity index (χ0n) is 16.2. The number of nitrogens with zero attached hydrogens (tertiary/aromatic N) is 2. The molecule has 0 unspecified atom stereocenters. The Kier molecular flexibility index (Phi) is 4.13. The summed E-state index contributed by atoms with van der Waals surface area (Å²) in [6, 6.07) is 24.2. The number of aryl methyl sites for hydroxylation is 2. The monoisotopic (exact) mass is 380 g/mol. The van der Waals surface area contributed by atoms with Crippen LogP contribution in [-0.2, 0) is 0 Å². The third kappa shape index (κ3) is 3.38. The number of hydrogen-bond acceptors (Lipinski definition) is 4. The summed E-state index contributed by atoms with van der Waals surface area (Å²) in [5.41, 5.74) is 9.09. The highest BCUT2D eigenvalue weighted by Gasteiger charge is 2.07. The van der Waals surface area contributed by atoms with Crippen molar-refractivity contribution in [2.24, 2.45) is 5.10 Å². The van der Waals surface area contributed by atoms with Crippen LogP contribution in [0.1, 0.15) is 11.1 Å². The molecule has 5 aromatic rings. The number of rotatable bonds is 3. The molecule has 142 valence electrons. The summed E-state index contributed by atoms with van der Waals surface area (Å²) in [4.78, 5) is 7.77. The second-order valence-corrected chi connectivity index (χ2v) is 7.19. The molecule has 0 saturated carbocycles. The third-order valence-corrected chi connectivity index (χ3v) is 4.91. The van der Waals surface area contributed by atoms with Gasteiger partial charge in [0.05, 0.1) is 16.4 Å². The minimum Gasteiger partial charge on any atom is -0.456 e. The van der Waals surface area contributed by atoms with Crippen LogP contribution in [0.3, 0.4) is 0 Å². The van der Waals surface area contributed by atoms with E-state index in [2.05, 4.69) is 64.7 Å². The Bertz CT molecular complexity index is 1360. The van der Waals surface area contributed by atoms with Crippen molar-refractivity contribution in [3.05, 3.63) is 89.3 Å². The molecule has 0 atom stereocenters. The summed E-state index contributed by atoms with van der Waals surface area (Å²) < 4.78 is 6.17. The molecule has 5 rings (SSSR count). The first-order chi connectivity index (χ1) is 14.2. The molecule has 2 N–H and O–H groups in total. The molecule has 3 aromatic carbocycles. The van der Waals surface area contributed by atoms with Gasteiger partial charge in [0.15, 0.2) is 0 Å². The van der Waals surface area contributed by atoms with Crippen LogP contribution in [0.2, 0.25) is 0 Å². The van der Waals surface area contributed by atoms with Gasteiger partial charge in [-0.15, -0.1) is 0 Å². The minimum absolute atomic E-state index is 0.602. The smallest absolute Gasteiger partial charge is 0.222 e. The van der Waals surface area contributed by atoms with E-state index in [0.29, 0.717) is 5.95 Å². The summed E-state index contributed by atoms with van der Waals surface area (Å²) in [7, 11) is 0. The first kappa shape index (κ1) is 17.3. The van der Waals surface area contributed by atoms with Gasteiger partial charge in [-0.2, -0.15) is 5.10 Å². The van der Waals surface area contributed by atoms with Crippen LogP contribution in [0, 0.1) is 13.8 Å². The second-order valence-electron chi connectivity index (χ2n) is 7.19. The maximum absolute atomic E-state index is 6.17. The van der Waals surface area contributed by atoms with E-state index < -0.39 is 0 Å². The Hall–Kier alpha value is -3.86. The predicted octanol–water partition coefficient (Wildman–Crippen LogP) is 5.52. The van der Waals surface area contributed by atoms with Crippen molar-refractivity contribution < 1.29 is 4.42 Å². The number of fused-ring (bicyclic) bond motifs is 2. The highest BCUT2D eigenvalue weighted by Crippen LogP contribution is 2.23. The van der Waals surface area contributed by atoms with Gasteiger partial charge in [0.25, 0.3) is 0 Å². The summed E-state index contributed by atoms with van der Waals surface area (Å²) in [6.45, 7) is 4.13. The van der Waals surface area contributed by atoms with Crippen molar-refractivity contribution in [1.29, 1.82) is 0 Å². The standard InChI is InChI=1S/C24H20N4O/c1-15-7-10-17(11-8-15)23-14-21(18-13-16(2)9-12-22(18)29-23)27-28-24-25-19-5-3-4-6-20(19)26-24/h3-14H,1-2H3,(H2,25,26,28). The van der Waals surface area contributed by atoms with Crippen molar-refractivity contribution in [2.75, 3.05) is 5.43 Å². The predicted molar refractivity (Wildman–Crippen MR) is 116 cm³/mol. The van der Waals surface area contributed by atoms with Crippen LogP contribution in [0.5, 0.6) is 0 Å². The Morgan fingerprint density at radius 3 is 2.52 bits per heavy atom. The maximum Gasteiger partial charge on any atom is 0.222 e. The molecule has 0 bridgehead atoms. The van der Waals surface area contributed by atoms with Crippen molar-refractivity contribution in [3.8, 4) is 11.3 Å². The molecule has 29 heavy (non-hydrogen) atoms. The van der Waals surface area contributed by atoms with Gasteiger partial charge in [-0.25, -0.2) is 10.4 Å². The zero-order valence-corrected chi connectivity index (χ0v) is 16.2. The fraction of sp³-hybridized carbons (Fsp3) is 0.0833. The van der Waals surface area contributed by atoms with Gasteiger partial charge >= 0.3 is 0 Å². The lowest BCUT2D eigenvalue weighted by atomic mass is 10.1. The average Bonchev–Trinajstić information content (AvgIpc) is 3.15. The van der Waals surface area contributed by atoms with E-state index in [1.807, 2.05) is 42.5 Å². The Balaban J connectivity index is 1.64. The average molecular weight is 380 g/mol. The van der Waals surface area contributed by atoms with Crippen LogP contribution < -0.4 is 10.8 Å². The summed E-state index contributed by atoms with van der Waals surface area (Å²) in [5.74, 6) is 1.37. The highest BCUT2D eigenvalue weighted by atomic mass is 16.3. The lowest BCUT2D eigenvalue weighted by molar-refractivity contribution is 0.618. The van der Waals surface area contributed by atoms with Gasteiger partial charge in [0.2, 0.25) is 5.95 Å². The number of benzene rings is 3. The summed E-state index contributed by atoms with van der Waals surface area (Å²) in [6.07, 6.45) is 0. The van der Waals surface area contributed by atoms with Crippen LogP contribution in [-0.4, -0.2) is 9.97 Å². The third-order valence-electron chi connectivity index (χ3n) is 4.91. The molecule has 0 radical (unpaired) electrons. The van der Waals surface area contributed by atoms with Gasteiger partial charge in [0.1, 0.15) is 11.3 Å². The first-order valence-electron chi connectivity index (χ1n) is 9.52. The highest BCUT2D eigenvalue weighted by molar-refractivity contribution is 5.79. The van der Waals surface area contributed by atoms with Gasteiger partial charge in [-0.3, -0.25) is 0 Å². The van der Waals surface area contributed by atoms with Crippen LogP contribution in [0.25, 0.3) is 33.3 Å². The van der Waals surface area contributed by atoms with E-state index in [1.165, 1.54) is 5.56 Å². The van der Waals surface area contributed by atoms with Gasteiger partial charge < -0.3 is 9.40 Å².